The summed E-state index contributed by atoms with van der Waals surface area (Å²) < 4.78 is 13.9. The van der Waals surface area contributed by atoms with Crippen molar-refractivity contribution in [1.82, 2.24) is 0 Å². The van der Waals surface area contributed by atoms with Crippen LogP contribution >= 0.6 is 0 Å². The van der Waals surface area contributed by atoms with E-state index in [0.29, 0.717) is 0 Å². The molecule has 4 heteroatoms. The van der Waals surface area contributed by atoms with Gasteiger partial charge in [-0.3, -0.25) is 0 Å². The summed E-state index contributed by atoms with van der Waals surface area (Å²) in [6.07, 6.45) is 7.04. The van der Waals surface area contributed by atoms with Crippen LogP contribution in [0.25, 0.3) is 0 Å². The Morgan fingerprint density at radius 1 is 0.613 bits per heavy atom. The fourth-order valence-corrected chi connectivity index (χ4v) is 6.46. The molecule has 2 atom stereocenters. The quantitative estimate of drug-likeness (QED) is 0.309. The molecule has 0 aromatic heterocycles. The molecular weight excluding hydrogens is 412 g/mol. The largest absolute Gasteiger partial charge is 0.401 e. The van der Waals surface area contributed by atoms with Crippen LogP contribution in [0, 0.1) is 23.7 Å². The van der Waals surface area contributed by atoms with E-state index in [0.717, 1.165) is 38.5 Å². The van der Waals surface area contributed by atoms with Crippen molar-refractivity contribution in [2.45, 2.75) is 148 Å². The lowest BCUT2D eigenvalue weighted by atomic mass is 9.92. The second-order valence-corrected chi connectivity index (χ2v) is 22.3. The van der Waals surface area contributed by atoms with Gasteiger partial charge in [0.05, 0.1) is 0 Å². The highest BCUT2D eigenvalue weighted by Crippen LogP contribution is 2.43. The molecule has 0 aromatic rings. The van der Waals surface area contributed by atoms with E-state index in [-0.39, 0.29) is 10.1 Å². The average molecular weight is 463 g/mol. The van der Waals surface area contributed by atoms with Crippen molar-refractivity contribution in [2.75, 3.05) is 0 Å². The molecule has 2 nitrogen and oxygen atoms in total. The first-order valence-corrected chi connectivity index (χ1v) is 18.0. The van der Waals surface area contributed by atoms with Crippen LogP contribution in [0.5, 0.6) is 0 Å². The molecule has 0 fully saturated rings. The molecule has 0 N–H and O–H groups in total. The molecule has 0 heterocycles. The van der Waals surface area contributed by atoms with Gasteiger partial charge in [-0.05, 0) is 75.8 Å². The van der Waals surface area contributed by atoms with Crippen molar-refractivity contribution in [3.05, 3.63) is 0 Å². The molecular formula is C27H50O2Si2. The van der Waals surface area contributed by atoms with Gasteiger partial charge in [-0.2, -0.15) is 0 Å². The lowest BCUT2D eigenvalue weighted by Crippen LogP contribution is -2.50. The molecule has 1 rings (SSSR count). The maximum Gasteiger partial charge on any atom is 0.194 e. The third-order valence-electron chi connectivity index (χ3n) is 7.46. The molecule has 0 aliphatic heterocycles. The smallest absolute Gasteiger partial charge is 0.194 e. The molecule has 0 spiro atoms. The van der Waals surface area contributed by atoms with E-state index in [9.17, 15) is 0 Å². The fourth-order valence-electron chi connectivity index (χ4n) is 3.29. The highest BCUT2D eigenvalue weighted by atomic mass is 28.4. The summed E-state index contributed by atoms with van der Waals surface area (Å²) in [7, 11) is -3.92. The first-order valence-electron chi connectivity index (χ1n) is 12.2. The van der Waals surface area contributed by atoms with Crippen LogP contribution in [0.15, 0.2) is 0 Å². The van der Waals surface area contributed by atoms with Crippen LogP contribution in [0.3, 0.4) is 0 Å². The Kier molecular flexibility index (Phi) is 9.35. The van der Waals surface area contributed by atoms with Gasteiger partial charge in [0, 0.05) is 12.8 Å². The topological polar surface area (TPSA) is 18.5 Å². The monoisotopic (exact) mass is 462 g/mol. The molecule has 0 saturated heterocycles. The lowest BCUT2D eigenvalue weighted by Gasteiger charge is -2.45. The number of hydrogen-bond donors (Lipinski definition) is 0. The predicted octanol–water partition coefficient (Wildman–Crippen LogP) is 8.30. The standard InChI is InChI=1S/C27H50O2Si2/c1-24(2,3)30(9,10)28-26(7)20-18-16-14-13-15-17-19-21-27(8,23-22-26)29-31(11,12)25(4,5)6/h13-17,22-23H2,1-12H3. The van der Waals surface area contributed by atoms with Gasteiger partial charge in [0.15, 0.2) is 16.6 Å². The summed E-state index contributed by atoms with van der Waals surface area (Å²) in [5.41, 5.74) is -0.923. The van der Waals surface area contributed by atoms with Gasteiger partial charge in [-0.1, -0.05) is 59.8 Å². The summed E-state index contributed by atoms with van der Waals surface area (Å²) in [5, 5.41) is 0.305. The van der Waals surface area contributed by atoms with Gasteiger partial charge >= 0.3 is 0 Å². The Hall–Kier alpha value is -0.526. The molecule has 0 radical (unpaired) electrons. The predicted molar refractivity (Wildman–Crippen MR) is 141 cm³/mol. The van der Waals surface area contributed by atoms with E-state index in [1.165, 1.54) is 6.42 Å². The molecule has 2 unspecified atom stereocenters. The highest BCUT2D eigenvalue weighted by molar-refractivity contribution is 6.74. The zero-order chi connectivity index (χ0) is 24.2. The molecule has 1 aliphatic rings. The Labute approximate surface area is 196 Å². The Bertz CT molecular complexity index is 657. The zero-order valence-corrected chi connectivity index (χ0v) is 24.8. The highest BCUT2D eigenvalue weighted by Gasteiger charge is 2.45. The SMILES string of the molecule is CC1(O[Si](C)(C)C(C)(C)C)C#CCCCCCC#CC(C)(O[Si](C)(C)C(C)(C)C)CC1. The molecule has 178 valence electrons. The lowest BCUT2D eigenvalue weighted by molar-refractivity contribution is 0.0699. The van der Waals surface area contributed by atoms with Crippen LogP contribution in [0.2, 0.25) is 36.3 Å². The minimum absolute atomic E-state index is 0.152. The summed E-state index contributed by atoms with van der Waals surface area (Å²) in [4.78, 5) is 0. The maximum atomic E-state index is 6.93. The van der Waals surface area contributed by atoms with Gasteiger partial charge < -0.3 is 8.85 Å². The third kappa shape index (κ3) is 8.73. The Morgan fingerprint density at radius 2 is 0.935 bits per heavy atom. The van der Waals surface area contributed by atoms with Crippen molar-refractivity contribution in [3.8, 4) is 23.7 Å². The van der Waals surface area contributed by atoms with Crippen molar-refractivity contribution < 1.29 is 8.85 Å². The molecule has 0 bridgehead atoms. The van der Waals surface area contributed by atoms with Crippen molar-refractivity contribution in [3.63, 3.8) is 0 Å². The fraction of sp³-hybridized carbons (Fsp3) is 0.852. The van der Waals surface area contributed by atoms with Gasteiger partial charge in [-0.15, -0.1) is 11.8 Å². The first-order chi connectivity index (χ1) is 13.8. The first kappa shape index (κ1) is 28.5. The summed E-state index contributed by atoms with van der Waals surface area (Å²) in [6, 6.07) is 0. The normalized spacial score (nSPS) is 27.0. The van der Waals surface area contributed by atoms with Gasteiger partial charge in [0.1, 0.15) is 11.2 Å². The summed E-state index contributed by atoms with van der Waals surface area (Å²) >= 11 is 0. The van der Waals surface area contributed by atoms with E-state index < -0.39 is 27.8 Å². The van der Waals surface area contributed by atoms with Crippen LogP contribution < -0.4 is 0 Å². The van der Waals surface area contributed by atoms with E-state index in [1.54, 1.807) is 0 Å². The van der Waals surface area contributed by atoms with Crippen LogP contribution in [-0.2, 0) is 8.85 Å². The molecule has 0 aromatic carbocycles. The van der Waals surface area contributed by atoms with Gasteiger partial charge in [-0.25, -0.2) is 0 Å². The van der Waals surface area contributed by atoms with Crippen molar-refractivity contribution in [2.24, 2.45) is 0 Å². The molecule has 0 saturated carbocycles. The summed E-state index contributed by atoms with van der Waals surface area (Å²) in [6.45, 7) is 27.5. The van der Waals surface area contributed by atoms with Gasteiger partial charge in [0.25, 0.3) is 0 Å². The molecule has 1 aliphatic carbocycles. The van der Waals surface area contributed by atoms with Crippen LogP contribution in [0.1, 0.15) is 100 Å². The zero-order valence-electron chi connectivity index (χ0n) is 22.8. The van der Waals surface area contributed by atoms with E-state index >= 15 is 0 Å². The second-order valence-electron chi connectivity index (χ2n) is 12.9. The van der Waals surface area contributed by atoms with Crippen LogP contribution in [0.4, 0.5) is 0 Å². The van der Waals surface area contributed by atoms with Gasteiger partial charge in [0.2, 0.25) is 0 Å². The third-order valence-corrected chi connectivity index (χ3v) is 16.6. The van der Waals surface area contributed by atoms with Crippen molar-refractivity contribution in [1.29, 1.82) is 0 Å². The van der Waals surface area contributed by atoms with E-state index in [4.69, 9.17) is 8.85 Å². The van der Waals surface area contributed by atoms with Crippen LogP contribution in [-0.4, -0.2) is 27.8 Å². The average Bonchev–Trinajstić information content (AvgIpc) is 2.56. The summed E-state index contributed by atoms with van der Waals surface area (Å²) in [5.74, 6) is 14.1. The van der Waals surface area contributed by atoms with Crippen molar-refractivity contribution >= 4 is 16.6 Å². The Balaban J connectivity index is 3.29. The minimum atomic E-state index is -1.96. The maximum absolute atomic E-state index is 6.93. The minimum Gasteiger partial charge on any atom is -0.401 e. The Morgan fingerprint density at radius 3 is 1.23 bits per heavy atom. The second kappa shape index (κ2) is 10.2. The molecule has 31 heavy (non-hydrogen) atoms. The van der Waals surface area contributed by atoms with E-state index in [1.807, 2.05) is 0 Å². The number of hydrogen-bond acceptors (Lipinski definition) is 2. The number of rotatable bonds is 4. The molecule has 0 amide bonds. The van der Waals surface area contributed by atoms with E-state index in [2.05, 4.69) is 105 Å².